The second kappa shape index (κ2) is 4.61. The smallest absolute Gasteiger partial charge is 0.248 e. The van der Waals surface area contributed by atoms with Crippen LogP contribution in [-0.4, -0.2) is 25.7 Å². The molecule has 2 atom stereocenters. The monoisotopic (exact) mass is 185 g/mol. The summed E-state index contributed by atoms with van der Waals surface area (Å²) in [6.45, 7) is 4.74. The summed E-state index contributed by atoms with van der Waals surface area (Å²) in [7, 11) is 1.55. The van der Waals surface area contributed by atoms with Gasteiger partial charge >= 0.3 is 0 Å². The van der Waals surface area contributed by atoms with E-state index in [0.717, 1.165) is 12.5 Å². The molecule has 1 aliphatic rings. The highest BCUT2D eigenvalue weighted by atomic mass is 16.5. The zero-order valence-electron chi connectivity index (χ0n) is 8.67. The van der Waals surface area contributed by atoms with E-state index in [1.165, 1.54) is 12.8 Å². The Morgan fingerprint density at radius 3 is 2.62 bits per heavy atom. The molecule has 1 rings (SSSR count). The van der Waals surface area contributed by atoms with E-state index in [4.69, 9.17) is 4.74 Å². The van der Waals surface area contributed by atoms with Crippen molar-refractivity contribution in [2.24, 2.45) is 11.8 Å². The Morgan fingerprint density at radius 2 is 2.15 bits per heavy atom. The first-order valence-corrected chi connectivity index (χ1v) is 4.95. The number of nitrogens with one attached hydrogen (secondary N) is 1. The van der Waals surface area contributed by atoms with E-state index < -0.39 is 0 Å². The van der Waals surface area contributed by atoms with Crippen LogP contribution < -0.4 is 5.32 Å². The van der Waals surface area contributed by atoms with Crippen LogP contribution in [0.1, 0.15) is 26.7 Å². The van der Waals surface area contributed by atoms with Gasteiger partial charge < -0.3 is 10.1 Å². The van der Waals surface area contributed by atoms with Crippen LogP contribution in [0.3, 0.4) is 0 Å². The highest BCUT2D eigenvalue weighted by molar-refractivity contribution is 5.80. The van der Waals surface area contributed by atoms with Crippen molar-refractivity contribution in [3.63, 3.8) is 0 Å². The SMILES string of the molecule is COC(C)C(=O)NCC(C)C1CC1. The molecule has 1 saturated carbocycles. The van der Waals surface area contributed by atoms with E-state index in [9.17, 15) is 4.79 Å². The molecule has 13 heavy (non-hydrogen) atoms. The van der Waals surface area contributed by atoms with Crippen molar-refractivity contribution in [1.29, 1.82) is 0 Å². The summed E-state index contributed by atoms with van der Waals surface area (Å²) < 4.78 is 4.91. The predicted octanol–water partition coefficient (Wildman–Crippen LogP) is 1.18. The van der Waals surface area contributed by atoms with E-state index in [1.54, 1.807) is 14.0 Å². The summed E-state index contributed by atoms with van der Waals surface area (Å²) in [6, 6.07) is 0. The molecule has 1 amide bonds. The molecule has 2 unspecified atom stereocenters. The fourth-order valence-corrected chi connectivity index (χ4v) is 1.34. The minimum absolute atomic E-state index is 0.00463. The van der Waals surface area contributed by atoms with E-state index >= 15 is 0 Å². The zero-order chi connectivity index (χ0) is 9.84. The third kappa shape index (κ3) is 3.35. The normalized spacial score (nSPS) is 20.8. The molecule has 0 aromatic carbocycles. The van der Waals surface area contributed by atoms with E-state index in [0.29, 0.717) is 5.92 Å². The Kier molecular flexibility index (Phi) is 3.72. The van der Waals surface area contributed by atoms with E-state index in [-0.39, 0.29) is 12.0 Å². The molecule has 0 radical (unpaired) electrons. The summed E-state index contributed by atoms with van der Waals surface area (Å²) in [5.41, 5.74) is 0. The van der Waals surface area contributed by atoms with Gasteiger partial charge in [-0.05, 0) is 31.6 Å². The summed E-state index contributed by atoms with van der Waals surface area (Å²) in [6.07, 6.45) is 2.33. The van der Waals surface area contributed by atoms with Gasteiger partial charge in [0.15, 0.2) is 0 Å². The highest BCUT2D eigenvalue weighted by Crippen LogP contribution is 2.35. The maximum Gasteiger partial charge on any atom is 0.248 e. The van der Waals surface area contributed by atoms with Gasteiger partial charge in [-0.1, -0.05) is 6.92 Å². The van der Waals surface area contributed by atoms with Gasteiger partial charge in [0, 0.05) is 13.7 Å². The lowest BCUT2D eigenvalue weighted by atomic mass is 10.1. The largest absolute Gasteiger partial charge is 0.372 e. The van der Waals surface area contributed by atoms with Crippen molar-refractivity contribution < 1.29 is 9.53 Å². The molecule has 0 aromatic heterocycles. The van der Waals surface area contributed by atoms with E-state index in [1.807, 2.05) is 0 Å². The van der Waals surface area contributed by atoms with Gasteiger partial charge in [-0.25, -0.2) is 0 Å². The number of rotatable bonds is 5. The topological polar surface area (TPSA) is 38.3 Å². The van der Waals surface area contributed by atoms with Gasteiger partial charge in [-0.2, -0.15) is 0 Å². The second-order valence-corrected chi connectivity index (χ2v) is 3.94. The predicted molar refractivity (Wildman–Crippen MR) is 51.4 cm³/mol. The Morgan fingerprint density at radius 1 is 1.54 bits per heavy atom. The van der Waals surface area contributed by atoms with Crippen molar-refractivity contribution in [2.45, 2.75) is 32.8 Å². The van der Waals surface area contributed by atoms with Crippen LogP contribution in [0, 0.1) is 11.8 Å². The van der Waals surface area contributed by atoms with Gasteiger partial charge in [0.25, 0.3) is 0 Å². The molecule has 0 bridgehead atoms. The molecule has 0 saturated heterocycles. The molecule has 0 aliphatic heterocycles. The van der Waals surface area contributed by atoms with Gasteiger partial charge in [0.1, 0.15) is 6.10 Å². The third-order valence-electron chi connectivity index (χ3n) is 2.75. The second-order valence-electron chi connectivity index (χ2n) is 3.94. The highest BCUT2D eigenvalue weighted by Gasteiger charge is 2.28. The maximum atomic E-state index is 11.3. The van der Waals surface area contributed by atoms with Crippen molar-refractivity contribution in [3.8, 4) is 0 Å². The molecule has 76 valence electrons. The van der Waals surface area contributed by atoms with Gasteiger partial charge in [0.2, 0.25) is 5.91 Å². The number of carbonyl (C=O) groups is 1. The van der Waals surface area contributed by atoms with Crippen LogP contribution in [0.4, 0.5) is 0 Å². The number of methoxy groups -OCH3 is 1. The Bertz CT molecular complexity index is 178. The van der Waals surface area contributed by atoms with Crippen LogP contribution in [-0.2, 0) is 9.53 Å². The zero-order valence-corrected chi connectivity index (χ0v) is 8.67. The lowest BCUT2D eigenvalue weighted by Crippen LogP contribution is -2.36. The van der Waals surface area contributed by atoms with E-state index in [2.05, 4.69) is 12.2 Å². The first kappa shape index (κ1) is 10.5. The lowest BCUT2D eigenvalue weighted by Gasteiger charge is -2.14. The molecule has 3 heteroatoms. The Labute approximate surface area is 79.8 Å². The summed E-state index contributed by atoms with van der Waals surface area (Å²) in [5.74, 6) is 1.46. The summed E-state index contributed by atoms with van der Waals surface area (Å²) in [5, 5.41) is 2.89. The first-order valence-electron chi connectivity index (χ1n) is 4.95. The lowest BCUT2D eigenvalue weighted by molar-refractivity contribution is -0.130. The van der Waals surface area contributed by atoms with Crippen LogP contribution in [0.2, 0.25) is 0 Å². The van der Waals surface area contributed by atoms with Crippen LogP contribution in [0.25, 0.3) is 0 Å². The Hall–Kier alpha value is -0.570. The number of amides is 1. The number of carbonyl (C=O) groups excluding carboxylic acids is 1. The molecular formula is C10H19NO2. The molecule has 0 heterocycles. The molecule has 1 aliphatic carbocycles. The van der Waals surface area contributed by atoms with Crippen LogP contribution in [0.5, 0.6) is 0 Å². The molecule has 0 spiro atoms. The average molecular weight is 185 g/mol. The Balaban J connectivity index is 2.13. The fraction of sp³-hybridized carbons (Fsp3) is 0.900. The molecule has 1 fully saturated rings. The van der Waals surface area contributed by atoms with Gasteiger partial charge in [-0.15, -0.1) is 0 Å². The maximum absolute atomic E-state index is 11.3. The molecule has 0 aromatic rings. The standard InChI is InChI=1S/C10H19NO2/c1-7(9-4-5-9)6-11-10(12)8(2)13-3/h7-9H,4-6H2,1-3H3,(H,11,12). The average Bonchev–Trinajstić information content (AvgIpc) is 2.95. The summed E-state index contributed by atoms with van der Waals surface area (Å²) >= 11 is 0. The minimum atomic E-state index is -0.327. The fourth-order valence-electron chi connectivity index (χ4n) is 1.34. The number of hydrogen-bond acceptors (Lipinski definition) is 2. The van der Waals surface area contributed by atoms with Crippen molar-refractivity contribution in [2.75, 3.05) is 13.7 Å². The van der Waals surface area contributed by atoms with Gasteiger partial charge in [-0.3, -0.25) is 4.79 Å². The molecule has 1 N–H and O–H groups in total. The number of hydrogen-bond donors (Lipinski definition) is 1. The molecular weight excluding hydrogens is 166 g/mol. The van der Waals surface area contributed by atoms with Crippen molar-refractivity contribution in [3.05, 3.63) is 0 Å². The summed E-state index contributed by atoms with van der Waals surface area (Å²) in [4.78, 5) is 11.3. The van der Waals surface area contributed by atoms with Crippen molar-refractivity contribution in [1.82, 2.24) is 5.32 Å². The molecule has 3 nitrogen and oxygen atoms in total. The third-order valence-corrected chi connectivity index (χ3v) is 2.75. The minimum Gasteiger partial charge on any atom is -0.372 e. The quantitative estimate of drug-likeness (QED) is 0.698. The van der Waals surface area contributed by atoms with Crippen LogP contribution >= 0.6 is 0 Å². The van der Waals surface area contributed by atoms with Crippen molar-refractivity contribution >= 4 is 5.91 Å². The number of ether oxygens (including phenoxy) is 1. The van der Waals surface area contributed by atoms with Crippen LogP contribution in [0.15, 0.2) is 0 Å². The first-order chi connectivity index (χ1) is 6.15. The van der Waals surface area contributed by atoms with Gasteiger partial charge in [0.05, 0.1) is 0 Å².